The van der Waals surface area contributed by atoms with Crippen molar-refractivity contribution in [3.8, 4) is 0 Å². The number of rotatable bonds is 0. The highest BCUT2D eigenvalue weighted by molar-refractivity contribution is 7.27. The first-order valence-electron chi connectivity index (χ1n) is 8.53. The van der Waals surface area contributed by atoms with Crippen molar-refractivity contribution in [3.05, 3.63) is 72.8 Å². The van der Waals surface area contributed by atoms with E-state index in [2.05, 4.69) is 84.4 Å². The molecule has 0 aliphatic rings. The largest absolute Gasteiger partial charge is 0.343 e. The fourth-order valence-electron chi connectivity index (χ4n) is 4.33. The number of nitrogens with zero attached hydrogens (tertiary/aromatic N) is 1. The van der Waals surface area contributed by atoms with Gasteiger partial charge in [-0.15, -0.1) is 11.3 Å². The molecule has 0 saturated heterocycles. The van der Waals surface area contributed by atoms with Crippen molar-refractivity contribution in [2.24, 2.45) is 7.05 Å². The number of benzene rings is 4. The van der Waals surface area contributed by atoms with Gasteiger partial charge in [0.05, 0.1) is 5.52 Å². The highest BCUT2D eigenvalue weighted by Gasteiger charge is 2.18. The third kappa shape index (κ3) is 1.58. The molecule has 0 fully saturated rings. The monoisotopic (exact) mass is 337 g/mol. The lowest BCUT2D eigenvalue weighted by Gasteiger charge is -2.06. The molecule has 4 aromatic carbocycles. The van der Waals surface area contributed by atoms with Gasteiger partial charge >= 0.3 is 0 Å². The number of fused-ring (bicyclic) bond motifs is 10. The van der Waals surface area contributed by atoms with E-state index in [0.29, 0.717) is 0 Å². The Bertz CT molecular complexity index is 1450. The van der Waals surface area contributed by atoms with Gasteiger partial charge in [-0.05, 0) is 17.5 Å². The fourth-order valence-corrected chi connectivity index (χ4v) is 5.57. The molecule has 0 bridgehead atoms. The zero-order valence-corrected chi connectivity index (χ0v) is 14.6. The van der Waals surface area contributed by atoms with Gasteiger partial charge in [-0.2, -0.15) is 0 Å². The zero-order valence-electron chi connectivity index (χ0n) is 13.8. The van der Waals surface area contributed by atoms with Crippen LogP contribution in [0.15, 0.2) is 72.8 Å². The van der Waals surface area contributed by atoms with Gasteiger partial charge in [0.2, 0.25) is 0 Å². The van der Waals surface area contributed by atoms with Crippen molar-refractivity contribution in [1.29, 1.82) is 0 Å². The van der Waals surface area contributed by atoms with E-state index in [-0.39, 0.29) is 0 Å². The van der Waals surface area contributed by atoms with Crippen LogP contribution in [0.4, 0.5) is 0 Å². The van der Waals surface area contributed by atoms with E-state index in [4.69, 9.17) is 0 Å². The number of hydrogen-bond acceptors (Lipinski definition) is 1. The van der Waals surface area contributed by atoms with E-state index in [1.54, 1.807) is 0 Å². The Kier molecular flexibility index (Phi) is 2.48. The van der Waals surface area contributed by atoms with Crippen molar-refractivity contribution >= 4 is 64.1 Å². The number of thiophene rings is 1. The van der Waals surface area contributed by atoms with Crippen molar-refractivity contribution in [2.45, 2.75) is 0 Å². The molecule has 0 aliphatic carbocycles. The first-order valence-corrected chi connectivity index (χ1v) is 9.35. The van der Waals surface area contributed by atoms with Crippen LogP contribution >= 0.6 is 11.3 Å². The predicted molar refractivity (Wildman–Crippen MR) is 111 cm³/mol. The topological polar surface area (TPSA) is 4.93 Å². The summed E-state index contributed by atoms with van der Waals surface area (Å²) in [4.78, 5) is 0. The second-order valence-electron chi connectivity index (χ2n) is 6.65. The molecule has 1 nitrogen and oxygen atoms in total. The Morgan fingerprint density at radius 3 is 2.12 bits per heavy atom. The molecule has 6 aromatic rings. The molecular formula is C23H15NS. The standard InChI is InChI=1S/C23H15NS/c1-24-18-12-6-4-10-16(18)20-14-8-2-3-9-15(14)23-21(22(20)24)17-11-5-7-13-19(17)25-23/h2-13H,1H3. The molecule has 2 heteroatoms. The van der Waals surface area contributed by atoms with E-state index in [0.717, 1.165) is 0 Å². The summed E-state index contributed by atoms with van der Waals surface area (Å²) < 4.78 is 5.13. The quantitative estimate of drug-likeness (QED) is 0.285. The van der Waals surface area contributed by atoms with Crippen LogP contribution in [-0.4, -0.2) is 4.57 Å². The summed E-state index contributed by atoms with van der Waals surface area (Å²) >= 11 is 1.91. The molecule has 6 rings (SSSR count). The molecule has 0 atom stereocenters. The second-order valence-corrected chi connectivity index (χ2v) is 7.70. The molecule has 118 valence electrons. The van der Waals surface area contributed by atoms with Crippen molar-refractivity contribution < 1.29 is 0 Å². The lowest BCUT2D eigenvalue weighted by Crippen LogP contribution is -1.87. The smallest absolute Gasteiger partial charge is 0.0589 e. The number of aromatic nitrogens is 1. The van der Waals surface area contributed by atoms with Crippen LogP contribution in [0.5, 0.6) is 0 Å². The first-order chi connectivity index (χ1) is 12.3. The van der Waals surface area contributed by atoms with Gasteiger partial charge in [-0.1, -0.05) is 60.7 Å². The number of para-hydroxylation sites is 1. The molecule has 2 heterocycles. The molecule has 0 amide bonds. The highest BCUT2D eigenvalue weighted by atomic mass is 32.1. The summed E-state index contributed by atoms with van der Waals surface area (Å²) in [6.07, 6.45) is 0. The van der Waals surface area contributed by atoms with E-state index in [9.17, 15) is 0 Å². The first kappa shape index (κ1) is 13.5. The van der Waals surface area contributed by atoms with Crippen molar-refractivity contribution in [1.82, 2.24) is 4.57 Å². The molecule has 0 radical (unpaired) electrons. The maximum atomic E-state index is 2.37. The minimum absolute atomic E-state index is 1.30. The van der Waals surface area contributed by atoms with Crippen LogP contribution in [-0.2, 0) is 7.05 Å². The third-order valence-corrected chi connectivity index (χ3v) is 6.58. The third-order valence-electron chi connectivity index (χ3n) is 5.38. The maximum Gasteiger partial charge on any atom is 0.0589 e. The lowest BCUT2D eigenvalue weighted by molar-refractivity contribution is 1.02. The Labute approximate surface area is 148 Å². The molecule has 2 aromatic heterocycles. The average molecular weight is 337 g/mol. The van der Waals surface area contributed by atoms with Gasteiger partial charge < -0.3 is 4.57 Å². The molecule has 0 unspecified atom stereocenters. The number of aryl methyl sites for hydroxylation is 1. The van der Waals surface area contributed by atoms with E-state index < -0.39 is 0 Å². The molecular weight excluding hydrogens is 322 g/mol. The maximum absolute atomic E-state index is 2.37. The summed E-state index contributed by atoms with van der Waals surface area (Å²) in [5, 5.41) is 8.20. The van der Waals surface area contributed by atoms with Gasteiger partial charge in [-0.25, -0.2) is 0 Å². The Hall–Kier alpha value is -2.84. The predicted octanol–water partition coefficient (Wildman–Crippen LogP) is 6.85. The average Bonchev–Trinajstić information content (AvgIpc) is 3.19. The second kappa shape index (κ2) is 4.62. The van der Waals surface area contributed by atoms with E-state index in [1.807, 2.05) is 11.3 Å². The van der Waals surface area contributed by atoms with Crippen LogP contribution in [0.2, 0.25) is 0 Å². The lowest BCUT2D eigenvalue weighted by atomic mass is 10.00. The summed E-state index contributed by atoms with van der Waals surface area (Å²) in [6.45, 7) is 0. The fraction of sp³-hybridized carbons (Fsp3) is 0.0435. The molecule has 0 aliphatic heterocycles. The Balaban J connectivity index is 2.11. The Morgan fingerprint density at radius 2 is 1.28 bits per heavy atom. The summed E-state index contributed by atoms with van der Waals surface area (Å²) in [5.41, 5.74) is 2.65. The minimum atomic E-state index is 1.30. The van der Waals surface area contributed by atoms with Crippen LogP contribution < -0.4 is 0 Å². The molecule has 0 spiro atoms. The van der Waals surface area contributed by atoms with Gasteiger partial charge in [-0.3, -0.25) is 0 Å². The SMILES string of the molecule is Cn1c2ccccc2c2c3ccccc3c3sc4ccccc4c3c21. The summed E-state index contributed by atoms with van der Waals surface area (Å²) in [7, 11) is 2.20. The van der Waals surface area contributed by atoms with E-state index in [1.165, 1.54) is 52.8 Å². The normalized spacial score (nSPS) is 12.2. The van der Waals surface area contributed by atoms with E-state index >= 15 is 0 Å². The summed E-state index contributed by atoms with van der Waals surface area (Å²) in [5.74, 6) is 0. The van der Waals surface area contributed by atoms with Gasteiger partial charge in [0.1, 0.15) is 0 Å². The van der Waals surface area contributed by atoms with Gasteiger partial charge in [0, 0.05) is 48.9 Å². The molecule has 0 N–H and O–H groups in total. The van der Waals surface area contributed by atoms with Crippen LogP contribution in [0, 0.1) is 0 Å². The van der Waals surface area contributed by atoms with Gasteiger partial charge in [0.15, 0.2) is 0 Å². The van der Waals surface area contributed by atoms with Crippen LogP contribution in [0.3, 0.4) is 0 Å². The Morgan fingerprint density at radius 1 is 0.640 bits per heavy atom. The minimum Gasteiger partial charge on any atom is -0.343 e. The van der Waals surface area contributed by atoms with Crippen molar-refractivity contribution in [3.63, 3.8) is 0 Å². The zero-order chi connectivity index (χ0) is 16.5. The summed E-state index contributed by atoms with van der Waals surface area (Å²) in [6, 6.07) is 26.4. The van der Waals surface area contributed by atoms with Gasteiger partial charge in [0.25, 0.3) is 0 Å². The molecule has 0 saturated carbocycles. The van der Waals surface area contributed by atoms with Crippen molar-refractivity contribution in [2.75, 3.05) is 0 Å². The molecule has 25 heavy (non-hydrogen) atoms. The van der Waals surface area contributed by atoms with Crippen LogP contribution in [0.25, 0.3) is 52.8 Å². The van der Waals surface area contributed by atoms with Crippen LogP contribution in [0.1, 0.15) is 0 Å². The number of hydrogen-bond donors (Lipinski definition) is 0. The highest BCUT2D eigenvalue weighted by Crippen LogP contribution is 2.46.